The van der Waals surface area contributed by atoms with Crippen LogP contribution < -0.4 is 5.32 Å². The Morgan fingerprint density at radius 3 is 2.26 bits per heavy atom. The zero-order valence-corrected chi connectivity index (χ0v) is 20.0. The summed E-state index contributed by atoms with van der Waals surface area (Å²) in [4.78, 5) is 14.0. The standard InChI is InChI=1S/C23H22Cl3N3OS/c1-2-3-18(11-6-15-4-7-16(24)8-5-15)27-22(30)20-14-21(26)28-29-23(20)31-19-12-9-17(25)10-13-19/h4-5,7-10,12-14,18H,2-3,6,11H2,1H3,(H,27,30). The monoisotopic (exact) mass is 493 g/mol. The van der Waals surface area contributed by atoms with Gasteiger partial charge in [0.25, 0.3) is 5.91 Å². The normalized spacial score (nSPS) is 11.9. The third-order valence-corrected chi connectivity index (χ3v) is 6.36. The third kappa shape index (κ3) is 7.39. The van der Waals surface area contributed by atoms with Gasteiger partial charge in [-0.05, 0) is 67.3 Å². The molecule has 0 aliphatic heterocycles. The maximum absolute atomic E-state index is 13.1. The SMILES string of the molecule is CCCC(CCc1ccc(Cl)cc1)NC(=O)c1cc(Cl)nnc1Sc1ccc(Cl)cc1. The van der Waals surface area contributed by atoms with Crippen LogP contribution in [0.15, 0.2) is 64.5 Å². The Morgan fingerprint density at radius 2 is 1.61 bits per heavy atom. The van der Waals surface area contributed by atoms with Crippen LogP contribution in [0.4, 0.5) is 0 Å². The third-order valence-electron chi connectivity index (χ3n) is 4.67. The highest BCUT2D eigenvalue weighted by molar-refractivity contribution is 7.99. The Bertz CT molecular complexity index is 1010. The lowest BCUT2D eigenvalue weighted by atomic mass is 10.0. The first-order chi connectivity index (χ1) is 14.9. The summed E-state index contributed by atoms with van der Waals surface area (Å²) in [5.74, 6) is -0.206. The second-order valence-corrected chi connectivity index (χ2v) is 9.39. The number of hydrogen-bond acceptors (Lipinski definition) is 4. The first kappa shape index (κ1) is 23.9. The highest BCUT2D eigenvalue weighted by Gasteiger charge is 2.19. The molecule has 4 nitrogen and oxygen atoms in total. The van der Waals surface area contributed by atoms with Crippen LogP contribution in [0, 0.1) is 0 Å². The molecule has 0 aliphatic carbocycles. The number of nitrogens with zero attached hydrogens (tertiary/aromatic N) is 2. The van der Waals surface area contributed by atoms with Gasteiger partial charge >= 0.3 is 0 Å². The molecule has 0 aliphatic rings. The smallest absolute Gasteiger partial charge is 0.254 e. The Morgan fingerprint density at radius 1 is 0.968 bits per heavy atom. The van der Waals surface area contributed by atoms with Gasteiger partial charge in [0.05, 0.1) is 5.56 Å². The minimum absolute atomic E-state index is 0.0356. The molecule has 2 aromatic carbocycles. The highest BCUT2D eigenvalue weighted by atomic mass is 35.5. The van der Waals surface area contributed by atoms with E-state index in [4.69, 9.17) is 34.8 Å². The summed E-state index contributed by atoms with van der Waals surface area (Å²) in [6, 6.07) is 16.7. The number of carbonyl (C=O) groups excluding carboxylic acids is 1. The van der Waals surface area contributed by atoms with Gasteiger partial charge < -0.3 is 5.32 Å². The molecule has 1 aromatic heterocycles. The van der Waals surface area contributed by atoms with Crippen molar-refractivity contribution in [3.63, 3.8) is 0 Å². The Balaban J connectivity index is 1.72. The lowest BCUT2D eigenvalue weighted by molar-refractivity contribution is 0.0928. The van der Waals surface area contributed by atoms with Gasteiger partial charge in [-0.3, -0.25) is 4.79 Å². The van der Waals surface area contributed by atoms with Crippen molar-refractivity contribution in [2.45, 2.75) is 48.6 Å². The predicted molar refractivity (Wildman–Crippen MR) is 129 cm³/mol. The van der Waals surface area contributed by atoms with Crippen molar-refractivity contribution in [1.82, 2.24) is 15.5 Å². The molecule has 1 amide bonds. The van der Waals surface area contributed by atoms with Gasteiger partial charge in [-0.15, -0.1) is 10.2 Å². The van der Waals surface area contributed by atoms with Crippen molar-refractivity contribution in [3.8, 4) is 0 Å². The fourth-order valence-electron chi connectivity index (χ4n) is 3.10. The topological polar surface area (TPSA) is 54.9 Å². The van der Waals surface area contributed by atoms with Gasteiger partial charge in [-0.25, -0.2) is 0 Å². The van der Waals surface area contributed by atoms with E-state index in [1.807, 2.05) is 36.4 Å². The largest absolute Gasteiger partial charge is 0.349 e. The summed E-state index contributed by atoms with van der Waals surface area (Å²) in [5.41, 5.74) is 1.60. The van der Waals surface area contributed by atoms with Crippen LogP contribution in [-0.2, 0) is 6.42 Å². The molecule has 1 unspecified atom stereocenters. The van der Waals surface area contributed by atoms with Gasteiger partial charge in [0, 0.05) is 21.0 Å². The first-order valence-electron chi connectivity index (χ1n) is 9.96. The number of aryl methyl sites for hydroxylation is 1. The van der Waals surface area contributed by atoms with Gasteiger partial charge in [-0.2, -0.15) is 0 Å². The molecule has 0 bridgehead atoms. The number of amides is 1. The van der Waals surface area contributed by atoms with Crippen molar-refractivity contribution < 1.29 is 4.79 Å². The molecule has 3 rings (SSSR count). The highest BCUT2D eigenvalue weighted by Crippen LogP contribution is 2.30. The second-order valence-electron chi connectivity index (χ2n) is 7.07. The average molecular weight is 495 g/mol. The summed E-state index contributed by atoms with van der Waals surface area (Å²) in [5, 5.41) is 13.3. The molecular weight excluding hydrogens is 473 g/mol. The molecule has 3 aromatic rings. The van der Waals surface area contributed by atoms with E-state index < -0.39 is 0 Å². The molecular formula is C23H22Cl3N3OS. The van der Waals surface area contributed by atoms with E-state index in [9.17, 15) is 4.79 Å². The average Bonchev–Trinajstić information content (AvgIpc) is 2.76. The Hall–Kier alpha value is -1.79. The Kier molecular flexibility index (Phi) is 9.02. The lowest BCUT2D eigenvalue weighted by Crippen LogP contribution is -2.35. The summed E-state index contributed by atoms with van der Waals surface area (Å²) in [6.07, 6.45) is 3.52. The minimum Gasteiger partial charge on any atom is -0.349 e. The van der Waals surface area contributed by atoms with Crippen LogP contribution in [0.25, 0.3) is 0 Å². The maximum Gasteiger partial charge on any atom is 0.254 e. The van der Waals surface area contributed by atoms with Gasteiger partial charge in [0.15, 0.2) is 5.15 Å². The number of benzene rings is 2. The molecule has 1 heterocycles. The van der Waals surface area contributed by atoms with Gasteiger partial charge in [-0.1, -0.05) is 72.0 Å². The Labute approximate surface area is 201 Å². The molecule has 162 valence electrons. The fraction of sp³-hybridized carbons (Fsp3) is 0.261. The van der Waals surface area contributed by atoms with Crippen LogP contribution in [0.1, 0.15) is 42.1 Å². The molecule has 1 atom stereocenters. The number of carbonyl (C=O) groups is 1. The zero-order chi connectivity index (χ0) is 22.2. The van der Waals surface area contributed by atoms with E-state index in [2.05, 4.69) is 22.4 Å². The zero-order valence-electron chi connectivity index (χ0n) is 16.9. The van der Waals surface area contributed by atoms with Gasteiger partial charge in [0.1, 0.15) is 5.03 Å². The van der Waals surface area contributed by atoms with Crippen LogP contribution in [-0.4, -0.2) is 22.1 Å². The number of halogens is 3. The molecule has 0 fully saturated rings. The van der Waals surface area contributed by atoms with Crippen LogP contribution >= 0.6 is 46.6 Å². The summed E-state index contributed by atoms with van der Waals surface area (Å²) < 4.78 is 0. The number of hydrogen-bond donors (Lipinski definition) is 1. The molecule has 0 saturated heterocycles. The molecule has 31 heavy (non-hydrogen) atoms. The number of aromatic nitrogens is 2. The van der Waals surface area contributed by atoms with E-state index >= 15 is 0 Å². The van der Waals surface area contributed by atoms with E-state index in [1.165, 1.54) is 17.3 Å². The number of nitrogens with one attached hydrogen (secondary N) is 1. The molecule has 0 radical (unpaired) electrons. The van der Waals surface area contributed by atoms with Crippen LogP contribution in [0.3, 0.4) is 0 Å². The molecule has 8 heteroatoms. The molecule has 0 spiro atoms. The minimum atomic E-state index is -0.206. The molecule has 0 saturated carbocycles. The van der Waals surface area contributed by atoms with Gasteiger partial charge in [0.2, 0.25) is 0 Å². The van der Waals surface area contributed by atoms with E-state index in [-0.39, 0.29) is 17.1 Å². The van der Waals surface area contributed by atoms with Crippen molar-refractivity contribution in [3.05, 3.63) is 80.9 Å². The van der Waals surface area contributed by atoms with E-state index in [0.29, 0.717) is 15.6 Å². The van der Waals surface area contributed by atoms with E-state index in [1.54, 1.807) is 18.2 Å². The fourth-order valence-corrected chi connectivity index (χ4v) is 4.34. The van der Waals surface area contributed by atoms with Crippen LogP contribution in [0.2, 0.25) is 15.2 Å². The molecule has 1 N–H and O–H groups in total. The van der Waals surface area contributed by atoms with Crippen molar-refractivity contribution in [2.24, 2.45) is 0 Å². The summed E-state index contributed by atoms with van der Waals surface area (Å²) in [7, 11) is 0. The first-order valence-corrected chi connectivity index (χ1v) is 11.9. The van der Waals surface area contributed by atoms with Crippen molar-refractivity contribution >= 4 is 52.5 Å². The summed E-state index contributed by atoms with van der Waals surface area (Å²) >= 11 is 19.3. The van der Waals surface area contributed by atoms with Crippen LogP contribution in [0.5, 0.6) is 0 Å². The van der Waals surface area contributed by atoms with Crippen molar-refractivity contribution in [1.29, 1.82) is 0 Å². The quantitative estimate of drug-likeness (QED) is 0.344. The lowest BCUT2D eigenvalue weighted by Gasteiger charge is -2.19. The van der Waals surface area contributed by atoms with E-state index in [0.717, 1.165) is 35.6 Å². The second kappa shape index (κ2) is 11.7. The maximum atomic E-state index is 13.1. The number of rotatable bonds is 9. The predicted octanol–water partition coefficient (Wildman–Crippen LogP) is 7.12. The van der Waals surface area contributed by atoms with Crippen molar-refractivity contribution in [2.75, 3.05) is 0 Å². The summed E-state index contributed by atoms with van der Waals surface area (Å²) in [6.45, 7) is 2.11.